The molecule has 3 nitrogen and oxygen atoms in total. The lowest BCUT2D eigenvalue weighted by Gasteiger charge is -2.33. The van der Waals surface area contributed by atoms with Crippen LogP contribution in [0.3, 0.4) is 0 Å². The zero-order chi connectivity index (χ0) is 11.3. The number of nitrogens with zero attached hydrogens (tertiary/aromatic N) is 2. The maximum Gasteiger partial charge on any atom is 0.141 e. The van der Waals surface area contributed by atoms with E-state index in [1.807, 2.05) is 6.07 Å². The molecule has 1 N–H and O–H groups in total. The van der Waals surface area contributed by atoms with Crippen molar-refractivity contribution < 1.29 is 0 Å². The van der Waals surface area contributed by atoms with E-state index in [2.05, 4.69) is 22.2 Å². The number of hydrogen-bond donors (Lipinski definition) is 1. The van der Waals surface area contributed by atoms with Gasteiger partial charge < -0.3 is 5.32 Å². The molecule has 0 aliphatic heterocycles. The number of nitrogens with one attached hydrogen (secondary N) is 1. The van der Waals surface area contributed by atoms with E-state index >= 15 is 0 Å². The summed E-state index contributed by atoms with van der Waals surface area (Å²) < 4.78 is 0. The molecular weight excluding hydrogens is 198 g/mol. The molecule has 0 aromatic carbocycles. The van der Waals surface area contributed by atoms with Gasteiger partial charge in [0.25, 0.3) is 0 Å². The predicted molar refractivity (Wildman–Crippen MR) is 64.9 cm³/mol. The van der Waals surface area contributed by atoms with Gasteiger partial charge >= 0.3 is 0 Å². The first-order valence-corrected chi connectivity index (χ1v) is 6.25. The fourth-order valence-corrected chi connectivity index (χ4v) is 2.48. The van der Waals surface area contributed by atoms with Crippen LogP contribution in [-0.4, -0.2) is 16.5 Å². The Balaban J connectivity index is 1.75. The third-order valence-corrected chi connectivity index (χ3v) is 3.51. The van der Waals surface area contributed by atoms with E-state index in [-0.39, 0.29) is 0 Å². The number of hydrogen-bond acceptors (Lipinski definition) is 3. The first kappa shape index (κ1) is 11.5. The van der Waals surface area contributed by atoms with Crippen LogP contribution < -0.4 is 5.32 Å². The largest absolute Gasteiger partial charge is 0.309 e. The van der Waals surface area contributed by atoms with Gasteiger partial charge in [0.1, 0.15) is 5.82 Å². The average Bonchev–Trinajstić information content (AvgIpc) is 2.31. The summed E-state index contributed by atoms with van der Waals surface area (Å²) in [7, 11) is 0. The molecule has 0 unspecified atom stereocenters. The molecule has 0 amide bonds. The van der Waals surface area contributed by atoms with Gasteiger partial charge in [0.05, 0.1) is 6.54 Å². The molecule has 1 aromatic heterocycles. The van der Waals surface area contributed by atoms with Gasteiger partial charge in [0.2, 0.25) is 0 Å². The van der Waals surface area contributed by atoms with Crippen molar-refractivity contribution in [3.63, 3.8) is 0 Å². The van der Waals surface area contributed by atoms with E-state index < -0.39 is 0 Å². The van der Waals surface area contributed by atoms with Crippen molar-refractivity contribution in [3.8, 4) is 0 Å². The van der Waals surface area contributed by atoms with Gasteiger partial charge in [-0.15, -0.1) is 0 Å². The van der Waals surface area contributed by atoms with Gasteiger partial charge in [0.15, 0.2) is 0 Å². The highest BCUT2D eigenvalue weighted by molar-refractivity contribution is 4.89. The number of rotatable bonds is 4. The lowest BCUT2D eigenvalue weighted by molar-refractivity contribution is 0.207. The molecule has 1 saturated carbocycles. The molecule has 16 heavy (non-hydrogen) atoms. The second kappa shape index (κ2) is 5.39. The summed E-state index contributed by atoms with van der Waals surface area (Å²) in [5, 5.41) is 3.49. The Morgan fingerprint density at radius 2 is 1.88 bits per heavy atom. The Morgan fingerprint density at radius 3 is 2.56 bits per heavy atom. The van der Waals surface area contributed by atoms with Gasteiger partial charge in [-0.05, 0) is 24.3 Å². The van der Waals surface area contributed by atoms with Crippen molar-refractivity contribution in [2.24, 2.45) is 5.41 Å². The molecule has 2 rings (SSSR count). The molecular formula is C13H21N3. The minimum Gasteiger partial charge on any atom is -0.309 e. The standard InChI is InChI=1S/C13H21N3/c1-13(6-3-2-4-7-13)11-14-10-12-15-8-5-9-16-12/h5,8-9,14H,2-4,6-7,10-11H2,1H3. The van der Waals surface area contributed by atoms with Gasteiger partial charge in [-0.25, -0.2) is 9.97 Å². The molecule has 0 saturated heterocycles. The van der Waals surface area contributed by atoms with Crippen LogP contribution in [0, 0.1) is 5.41 Å². The minimum atomic E-state index is 0.493. The summed E-state index contributed by atoms with van der Waals surface area (Å²) in [5.41, 5.74) is 0.493. The van der Waals surface area contributed by atoms with Crippen LogP contribution >= 0.6 is 0 Å². The zero-order valence-corrected chi connectivity index (χ0v) is 10.1. The summed E-state index contributed by atoms with van der Waals surface area (Å²) in [6.45, 7) is 4.27. The topological polar surface area (TPSA) is 37.8 Å². The highest BCUT2D eigenvalue weighted by Crippen LogP contribution is 2.34. The Kier molecular flexibility index (Phi) is 3.88. The molecule has 1 aromatic rings. The molecule has 1 aliphatic rings. The summed E-state index contributed by atoms with van der Waals surface area (Å²) >= 11 is 0. The molecule has 0 radical (unpaired) electrons. The smallest absolute Gasteiger partial charge is 0.141 e. The Labute approximate surface area is 97.7 Å². The Morgan fingerprint density at radius 1 is 1.19 bits per heavy atom. The maximum atomic E-state index is 4.21. The fourth-order valence-electron chi connectivity index (χ4n) is 2.48. The van der Waals surface area contributed by atoms with Crippen LogP contribution in [0.25, 0.3) is 0 Å². The summed E-state index contributed by atoms with van der Waals surface area (Å²) in [6, 6.07) is 1.85. The quantitative estimate of drug-likeness (QED) is 0.845. The van der Waals surface area contributed by atoms with Crippen LogP contribution in [0.5, 0.6) is 0 Å². The van der Waals surface area contributed by atoms with Crippen LogP contribution in [-0.2, 0) is 6.54 Å². The Hall–Kier alpha value is -0.960. The van der Waals surface area contributed by atoms with E-state index in [0.29, 0.717) is 5.41 Å². The van der Waals surface area contributed by atoms with Crippen molar-refractivity contribution in [2.45, 2.75) is 45.6 Å². The van der Waals surface area contributed by atoms with Crippen molar-refractivity contribution in [1.82, 2.24) is 15.3 Å². The van der Waals surface area contributed by atoms with Crippen LogP contribution in [0.4, 0.5) is 0 Å². The first-order chi connectivity index (χ1) is 7.79. The van der Waals surface area contributed by atoms with E-state index in [0.717, 1.165) is 18.9 Å². The molecule has 1 fully saturated rings. The summed E-state index contributed by atoms with van der Waals surface area (Å²) in [4.78, 5) is 8.42. The minimum absolute atomic E-state index is 0.493. The first-order valence-electron chi connectivity index (χ1n) is 6.25. The van der Waals surface area contributed by atoms with E-state index in [1.165, 1.54) is 32.1 Å². The molecule has 1 aliphatic carbocycles. The van der Waals surface area contributed by atoms with Crippen molar-refractivity contribution in [3.05, 3.63) is 24.3 Å². The average molecular weight is 219 g/mol. The molecule has 0 atom stereocenters. The molecule has 1 heterocycles. The van der Waals surface area contributed by atoms with Crippen molar-refractivity contribution >= 4 is 0 Å². The molecule has 0 spiro atoms. The van der Waals surface area contributed by atoms with E-state index in [1.54, 1.807) is 12.4 Å². The van der Waals surface area contributed by atoms with Crippen LogP contribution in [0.15, 0.2) is 18.5 Å². The monoisotopic (exact) mass is 219 g/mol. The van der Waals surface area contributed by atoms with Crippen LogP contribution in [0.1, 0.15) is 44.9 Å². The Bertz CT molecular complexity index is 304. The van der Waals surface area contributed by atoms with Crippen molar-refractivity contribution in [1.29, 1.82) is 0 Å². The summed E-state index contributed by atoms with van der Waals surface area (Å²) in [5.74, 6) is 0.891. The third kappa shape index (κ3) is 3.27. The summed E-state index contributed by atoms with van der Waals surface area (Å²) in [6.07, 6.45) is 10.5. The van der Waals surface area contributed by atoms with Gasteiger partial charge in [0, 0.05) is 18.9 Å². The van der Waals surface area contributed by atoms with Gasteiger partial charge in [-0.3, -0.25) is 0 Å². The molecule has 0 bridgehead atoms. The molecule has 88 valence electrons. The van der Waals surface area contributed by atoms with E-state index in [9.17, 15) is 0 Å². The third-order valence-electron chi connectivity index (χ3n) is 3.51. The lowest BCUT2D eigenvalue weighted by Crippen LogP contribution is -2.33. The fraction of sp³-hybridized carbons (Fsp3) is 0.692. The second-order valence-electron chi connectivity index (χ2n) is 5.14. The lowest BCUT2D eigenvalue weighted by atomic mass is 9.76. The van der Waals surface area contributed by atoms with Crippen molar-refractivity contribution in [2.75, 3.05) is 6.54 Å². The van der Waals surface area contributed by atoms with Crippen LogP contribution in [0.2, 0.25) is 0 Å². The number of aromatic nitrogens is 2. The zero-order valence-electron chi connectivity index (χ0n) is 10.1. The van der Waals surface area contributed by atoms with E-state index in [4.69, 9.17) is 0 Å². The maximum absolute atomic E-state index is 4.21. The van der Waals surface area contributed by atoms with Gasteiger partial charge in [-0.1, -0.05) is 26.2 Å². The predicted octanol–water partition coefficient (Wildman–Crippen LogP) is 2.54. The molecule has 3 heteroatoms. The normalized spacial score (nSPS) is 19.6. The highest BCUT2D eigenvalue weighted by atomic mass is 15.0. The second-order valence-corrected chi connectivity index (χ2v) is 5.14. The highest BCUT2D eigenvalue weighted by Gasteiger charge is 2.25. The van der Waals surface area contributed by atoms with Gasteiger partial charge in [-0.2, -0.15) is 0 Å². The SMILES string of the molecule is CC1(CNCc2ncccn2)CCCCC1.